The van der Waals surface area contributed by atoms with Gasteiger partial charge in [-0.05, 0) is 42.7 Å². The second-order valence-corrected chi connectivity index (χ2v) is 8.46. The van der Waals surface area contributed by atoms with Gasteiger partial charge >= 0.3 is 0 Å². The highest BCUT2D eigenvalue weighted by molar-refractivity contribution is 8.04. The van der Waals surface area contributed by atoms with E-state index in [-0.39, 0.29) is 17.9 Å². The second kappa shape index (κ2) is 8.23. The summed E-state index contributed by atoms with van der Waals surface area (Å²) in [4.78, 5) is 28.8. The van der Waals surface area contributed by atoms with Gasteiger partial charge in [0.1, 0.15) is 0 Å². The predicted octanol–water partition coefficient (Wildman–Crippen LogP) is 4.86. The molecule has 1 heterocycles. The molecule has 1 aliphatic heterocycles. The third kappa shape index (κ3) is 3.99. The van der Waals surface area contributed by atoms with Crippen molar-refractivity contribution in [2.24, 2.45) is 0 Å². The number of anilines is 1. The first-order chi connectivity index (χ1) is 13.6. The third-order valence-electron chi connectivity index (χ3n) is 5.36. The highest BCUT2D eigenvalue weighted by atomic mass is 32.2. The minimum atomic E-state index is -0.0498. The lowest BCUT2D eigenvalue weighted by Crippen LogP contribution is -2.36. The topological polar surface area (TPSA) is 49.4 Å². The molecule has 2 aromatic rings. The van der Waals surface area contributed by atoms with E-state index in [1.54, 1.807) is 11.9 Å². The van der Waals surface area contributed by atoms with E-state index in [4.69, 9.17) is 0 Å². The molecule has 1 N–H and O–H groups in total. The third-order valence-corrected chi connectivity index (χ3v) is 6.43. The lowest BCUT2D eigenvalue weighted by molar-refractivity contribution is -0.114. The molecule has 0 saturated heterocycles. The van der Waals surface area contributed by atoms with Crippen molar-refractivity contribution in [3.63, 3.8) is 0 Å². The summed E-state index contributed by atoms with van der Waals surface area (Å²) in [6, 6.07) is 15.7. The summed E-state index contributed by atoms with van der Waals surface area (Å²) in [6.45, 7) is 0. The van der Waals surface area contributed by atoms with Crippen molar-refractivity contribution in [3.05, 3.63) is 64.6 Å². The normalized spacial score (nSPS) is 18.8. The van der Waals surface area contributed by atoms with Gasteiger partial charge in [-0.2, -0.15) is 0 Å². The summed E-state index contributed by atoms with van der Waals surface area (Å²) in [5.74, 6) is -0.0997. The van der Waals surface area contributed by atoms with Gasteiger partial charge in [-0.3, -0.25) is 9.59 Å². The van der Waals surface area contributed by atoms with Gasteiger partial charge in [0.15, 0.2) is 0 Å². The summed E-state index contributed by atoms with van der Waals surface area (Å²) in [5, 5.41) is 3.15. The highest BCUT2D eigenvalue weighted by Gasteiger charge is 2.27. The molecule has 28 heavy (non-hydrogen) atoms. The molecule has 2 aromatic carbocycles. The van der Waals surface area contributed by atoms with Crippen LogP contribution in [-0.2, 0) is 4.79 Å². The fourth-order valence-corrected chi connectivity index (χ4v) is 4.84. The van der Waals surface area contributed by atoms with Crippen LogP contribution in [0.25, 0.3) is 6.08 Å². The number of nitrogens with zero attached hydrogens (tertiary/aromatic N) is 1. The summed E-state index contributed by atoms with van der Waals surface area (Å²) in [6.07, 6.45) is 7.64. The van der Waals surface area contributed by atoms with Gasteiger partial charge in [-0.25, -0.2) is 0 Å². The maximum Gasteiger partial charge on any atom is 0.264 e. The van der Waals surface area contributed by atoms with E-state index in [1.807, 2.05) is 54.6 Å². The number of amides is 2. The molecule has 4 rings (SSSR count). The standard InChI is InChI=1S/C23H24N2O2S/c1-25-19-15-17(22(26)24-18-10-6-3-7-11-18)12-13-20(19)28-21(23(25)27)14-16-8-4-2-5-9-16/h2,4-5,8-9,12-15,18H,3,6-7,10-11H2,1H3,(H,24,26)/b21-14+. The van der Waals surface area contributed by atoms with Crippen LogP contribution in [0.5, 0.6) is 0 Å². The lowest BCUT2D eigenvalue weighted by Gasteiger charge is -2.28. The van der Waals surface area contributed by atoms with Crippen molar-refractivity contribution in [2.45, 2.75) is 43.0 Å². The van der Waals surface area contributed by atoms with Crippen LogP contribution in [0.3, 0.4) is 0 Å². The van der Waals surface area contributed by atoms with Gasteiger partial charge in [0.25, 0.3) is 11.8 Å². The van der Waals surface area contributed by atoms with Gasteiger partial charge in [0.05, 0.1) is 10.6 Å². The van der Waals surface area contributed by atoms with Crippen molar-refractivity contribution in [1.29, 1.82) is 0 Å². The maximum absolute atomic E-state index is 12.8. The zero-order chi connectivity index (χ0) is 19.5. The Kier molecular flexibility index (Phi) is 5.53. The fourth-order valence-electron chi connectivity index (χ4n) is 3.75. The van der Waals surface area contributed by atoms with Crippen LogP contribution in [0.4, 0.5) is 5.69 Å². The van der Waals surface area contributed by atoms with Crippen LogP contribution in [0.2, 0.25) is 0 Å². The molecule has 5 heteroatoms. The molecule has 0 atom stereocenters. The van der Waals surface area contributed by atoms with Crippen molar-refractivity contribution < 1.29 is 9.59 Å². The van der Waals surface area contributed by atoms with Crippen LogP contribution >= 0.6 is 11.8 Å². The first-order valence-electron chi connectivity index (χ1n) is 9.79. The number of carbonyl (C=O) groups excluding carboxylic acids is 2. The molecule has 1 aliphatic carbocycles. The Bertz CT molecular complexity index is 917. The Morgan fingerprint density at radius 2 is 1.86 bits per heavy atom. The molecule has 0 radical (unpaired) electrons. The summed E-state index contributed by atoms with van der Waals surface area (Å²) in [7, 11) is 1.77. The molecule has 0 aromatic heterocycles. The molecule has 0 bridgehead atoms. The molecule has 2 aliphatic rings. The van der Waals surface area contributed by atoms with E-state index < -0.39 is 0 Å². The summed E-state index contributed by atoms with van der Waals surface area (Å²) < 4.78 is 0. The average Bonchev–Trinajstić information content (AvgIpc) is 2.73. The fraction of sp³-hybridized carbons (Fsp3) is 0.304. The van der Waals surface area contributed by atoms with Crippen molar-refractivity contribution >= 4 is 35.3 Å². The molecule has 2 amide bonds. The Balaban J connectivity index is 1.55. The van der Waals surface area contributed by atoms with E-state index >= 15 is 0 Å². The van der Waals surface area contributed by atoms with Crippen LogP contribution in [0.1, 0.15) is 48.0 Å². The molecule has 1 saturated carbocycles. The Morgan fingerprint density at radius 3 is 2.61 bits per heavy atom. The summed E-state index contributed by atoms with van der Waals surface area (Å²) in [5.41, 5.74) is 2.40. The number of rotatable bonds is 3. The molecule has 144 valence electrons. The second-order valence-electron chi connectivity index (χ2n) is 7.38. The van der Waals surface area contributed by atoms with Gasteiger partial charge in [0, 0.05) is 23.5 Å². The molecule has 0 unspecified atom stereocenters. The Morgan fingerprint density at radius 1 is 1.11 bits per heavy atom. The smallest absolute Gasteiger partial charge is 0.264 e. The zero-order valence-electron chi connectivity index (χ0n) is 16.0. The van der Waals surface area contributed by atoms with Gasteiger partial charge < -0.3 is 10.2 Å². The minimum absolute atomic E-state index is 0.0498. The quantitative estimate of drug-likeness (QED) is 0.759. The van der Waals surface area contributed by atoms with Crippen LogP contribution in [0, 0.1) is 0 Å². The van der Waals surface area contributed by atoms with Crippen molar-refractivity contribution in [2.75, 3.05) is 11.9 Å². The van der Waals surface area contributed by atoms with Crippen LogP contribution in [0.15, 0.2) is 58.3 Å². The predicted molar refractivity (Wildman–Crippen MR) is 114 cm³/mol. The van der Waals surface area contributed by atoms with E-state index in [0.717, 1.165) is 29.0 Å². The number of hydrogen-bond donors (Lipinski definition) is 1. The van der Waals surface area contributed by atoms with Crippen LogP contribution < -0.4 is 10.2 Å². The highest BCUT2D eigenvalue weighted by Crippen LogP contribution is 2.42. The number of hydrogen-bond acceptors (Lipinski definition) is 3. The Labute approximate surface area is 170 Å². The van der Waals surface area contributed by atoms with Crippen molar-refractivity contribution in [1.82, 2.24) is 5.32 Å². The molecule has 4 nitrogen and oxygen atoms in total. The number of nitrogens with one attached hydrogen (secondary N) is 1. The van der Waals surface area contributed by atoms with E-state index in [0.29, 0.717) is 10.5 Å². The Hall–Kier alpha value is -2.53. The SMILES string of the molecule is CN1C(=O)/C(=C\c2ccccc2)Sc2ccc(C(=O)NC3CCCCC3)cc21. The minimum Gasteiger partial charge on any atom is -0.349 e. The van der Waals surface area contributed by atoms with Gasteiger partial charge in [-0.15, -0.1) is 0 Å². The monoisotopic (exact) mass is 392 g/mol. The van der Waals surface area contributed by atoms with Gasteiger partial charge in [-0.1, -0.05) is 61.4 Å². The van der Waals surface area contributed by atoms with E-state index in [2.05, 4.69) is 5.32 Å². The average molecular weight is 393 g/mol. The molecule has 0 spiro atoms. The van der Waals surface area contributed by atoms with Gasteiger partial charge in [0.2, 0.25) is 0 Å². The molecular formula is C23H24N2O2S. The lowest BCUT2D eigenvalue weighted by atomic mass is 9.95. The molecular weight excluding hydrogens is 368 g/mol. The molecule has 1 fully saturated rings. The van der Waals surface area contributed by atoms with E-state index in [1.165, 1.54) is 31.0 Å². The number of thioether (sulfide) groups is 1. The number of fused-ring (bicyclic) bond motifs is 1. The number of carbonyl (C=O) groups is 2. The first kappa shape index (κ1) is 18.8. The number of benzene rings is 2. The number of likely N-dealkylation sites (N-methyl/N-ethyl adjacent to an activating group) is 1. The first-order valence-corrected chi connectivity index (χ1v) is 10.6. The zero-order valence-corrected chi connectivity index (χ0v) is 16.8. The summed E-state index contributed by atoms with van der Waals surface area (Å²) >= 11 is 1.46. The largest absolute Gasteiger partial charge is 0.349 e. The van der Waals surface area contributed by atoms with E-state index in [9.17, 15) is 9.59 Å². The van der Waals surface area contributed by atoms with Crippen LogP contribution in [-0.4, -0.2) is 24.9 Å². The van der Waals surface area contributed by atoms with Crippen molar-refractivity contribution in [3.8, 4) is 0 Å². The maximum atomic E-state index is 12.8.